The van der Waals surface area contributed by atoms with Crippen molar-refractivity contribution in [3.63, 3.8) is 0 Å². The van der Waals surface area contributed by atoms with Crippen molar-refractivity contribution in [1.82, 2.24) is 10.1 Å². The van der Waals surface area contributed by atoms with Gasteiger partial charge in [-0.05, 0) is 61.7 Å². The number of anilines is 2. The number of hydrogen-bond acceptors (Lipinski definition) is 6. The Balaban J connectivity index is 1.32. The molecule has 2 amide bonds. The van der Waals surface area contributed by atoms with Crippen molar-refractivity contribution < 1.29 is 18.5 Å². The number of nitrogens with zero attached hydrogens (tertiary/aromatic N) is 2. The van der Waals surface area contributed by atoms with E-state index in [0.29, 0.717) is 34.6 Å². The van der Waals surface area contributed by atoms with E-state index in [2.05, 4.69) is 20.8 Å². The predicted molar refractivity (Wildman–Crippen MR) is 118 cm³/mol. The van der Waals surface area contributed by atoms with Crippen molar-refractivity contribution in [1.29, 1.82) is 0 Å². The summed E-state index contributed by atoms with van der Waals surface area (Å²) in [5.74, 6) is 1.06. The third kappa shape index (κ3) is 4.15. The fourth-order valence-corrected chi connectivity index (χ4v) is 3.28. The van der Waals surface area contributed by atoms with Crippen molar-refractivity contribution in [2.24, 2.45) is 0 Å². The quantitative estimate of drug-likeness (QED) is 0.446. The van der Waals surface area contributed by atoms with Gasteiger partial charge in [0.2, 0.25) is 11.7 Å². The average Bonchev–Trinajstić information content (AvgIpc) is 3.27. The Morgan fingerprint density at radius 3 is 2.66 bits per heavy atom. The Morgan fingerprint density at radius 1 is 1.00 bits per heavy atom. The highest BCUT2D eigenvalue weighted by Crippen LogP contribution is 2.39. The number of hydrogen-bond donors (Lipinski definition) is 2. The average molecular weight is 428 g/mol. The Morgan fingerprint density at radius 2 is 1.88 bits per heavy atom. The van der Waals surface area contributed by atoms with E-state index in [1.54, 1.807) is 42.5 Å². The molecule has 1 aliphatic rings. The minimum absolute atomic E-state index is 0.197. The molecule has 2 aromatic carbocycles. The van der Waals surface area contributed by atoms with Gasteiger partial charge in [0.25, 0.3) is 11.8 Å². The molecular formula is C24H20N4O4. The summed E-state index contributed by atoms with van der Waals surface area (Å²) in [6.45, 7) is 1.85. The van der Waals surface area contributed by atoms with Crippen LogP contribution in [-0.2, 0) is 0 Å². The van der Waals surface area contributed by atoms with Crippen molar-refractivity contribution >= 4 is 23.2 Å². The second-order valence-corrected chi connectivity index (χ2v) is 7.73. The van der Waals surface area contributed by atoms with E-state index < -0.39 is 0 Å². The SMILES string of the molecule is Cc1ccc(C(=O)Nc2cccc(-c3noc(C4CC4)n3)c2)cc1NC(=O)c1ccco1. The molecule has 1 aliphatic carbocycles. The van der Waals surface area contributed by atoms with Crippen LogP contribution in [0.3, 0.4) is 0 Å². The van der Waals surface area contributed by atoms with Gasteiger partial charge in [-0.25, -0.2) is 0 Å². The molecule has 160 valence electrons. The number of rotatable bonds is 6. The first kappa shape index (κ1) is 19.7. The summed E-state index contributed by atoms with van der Waals surface area (Å²) in [4.78, 5) is 29.6. The number of furan rings is 1. The number of aryl methyl sites for hydroxylation is 1. The highest BCUT2D eigenvalue weighted by Gasteiger charge is 2.29. The van der Waals surface area contributed by atoms with E-state index >= 15 is 0 Å². The van der Waals surface area contributed by atoms with Crippen molar-refractivity contribution in [2.75, 3.05) is 10.6 Å². The maximum atomic E-state index is 12.8. The lowest BCUT2D eigenvalue weighted by Gasteiger charge is -2.11. The molecule has 5 rings (SSSR count). The van der Waals surface area contributed by atoms with Gasteiger partial charge in [-0.3, -0.25) is 9.59 Å². The van der Waals surface area contributed by atoms with Crippen LogP contribution in [0.1, 0.15) is 51.1 Å². The molecular weight excluding hydrogens is 408 g/mol. The third-order valence-corrected chi connectivity index (χ3v) is 5.24. The Bertz CT molecular complexity index is 1290. The molecule has 2 aromatic heterocycles. The summed E-state index contributed by atoms with van der Waals surface area (Å²) < 4.78 is 10.4. The van der Waals surface area contributed by atoms with Crippen LogP contribution in [0.15, 0.2) is 69.8 Å². The normalized spacial score (nSPS) is 13.0. The molecule has 8 heteroatoms. The van der Waals surface area contributed by atoms with Crippen LogP contribution in [0.5, 0.6) is 0 Å². The van der Waals surface area contributed by atoms with Crippen LogP contribution in [-0.4, -0.2) is 22.0 Å². The zero-order valence-electron chi connectivity index (χ0n) is 17.3. The lowest BCUT2D eigenvalue weighted by Crippen LogP contribution is -2.15. The molecule has 0 atom stereocenters. The molecule has 2 heterocycles. The molecule has 0 aliphatic heterocycles. The first-order chi connectivity index (χ1) is 15.6. The molecule has 0 radical (unpaired) electrons. The zero-order valence-corrected chi connectivity index (χ0v) is 17.3. The lowest BCUT2D eigenvalue weighted by molar-refractivity contribution is 0.0993. The van der Waals surface area contributed by atoms with E-state index in [1.807, 2.05) is 19.1 Å². The number of benzene rings is 2. The van der Waals surface area contributed by atoms with E-state index in [-0.39, 0.29) is 17.6 Å². The first-order valence-corrected chi connectivity index (χ1v) is 10.3. The van der Waals surface area contributed by atoms with Gasteiger partial charge in [-0.15, -0.1) is 0 Å². The molecule has 1 fully saturated rings. The van der Waals surface area contributed by atoms with Gasteiger partial charge in [-0.2, -0.15) is 4.98 Å². The Hall–Kier alpha value is -4.20. The van der Waals surface area contributed by atoms with Crippen LogP contribution in [0.25, 0.3) is 11.4 Å². The standard InChI is InChI=1S/C24H20N4O4/c1-14-7-8-17(13-19(14)26-23(30)20-6-3-11-31-20)22(29)25-18-5-2-4-16(12-18)21-27-24(32-28-21)15-9-10-15/h2-8,11-13,15H,9-10H2,1H3,(H,25,29)(H,26,30). The number of aromatic nitrogens is 2. The van der Waals surface area contributed by atoms with Gasteiger partial charge >= 0.3 is 0 Å². The largest absolute Gasteiger partial charge is 0.459 e. The van der Waals surface area contributed by atoms with E-state index in [4.69, 9.17) is 8.94 Å². The summed E-state index contributed by atoms with van der Waals surface area (Å²) in [7, 11) is 0. The van der Waals surface area contributed by atoms with Crippen LogP contribution in [0.2, 0.25) is 0 Å². The monoisotopic (exact) mass is 428 g/mol. The van der Waals surface area contributed by atoms with Crippen molar-refractivity contribution in [3.05, 3.63) is 83.6 Å². The van der Waals surface area contributed by atoms with Gasteiger partial charge in [0.05, 0.1) is 6.26 Å². The van der Waals surface area contributed by atoms with E-state index in [1.165, 1.54) is 6.26 Å². The smallest absolute Gasteiger partial charge is 0.291 e. The van der Waals surface area contributed by atoms with Gasteiger partial charge in [0.15, 0.2) is 5.76 Å². The zero-order chi connectivity index (χ0) is 22.1. The molecule has 0 bridgehead atoms. The maximum absolute atomic E-state index is 12.8. The number of nitrogens with one attached hydrogen (secondary N) is 2. The van der Waals surface area contributed by atoms with Crippen molar-refractivity contribution in [3.8, 4) is 11.4 Å². The highest BCUT2D eigenvalue weighted by molar-refractivity contribution is 6.07. The minimum atomic E-state index is -0.381. The van der Waals surface area contributed by atoms with Gasteiger partial charge in [0.1, 0.15) is 0 Å². The highest BCUT2D eigenvalue weighted by atomic mass is 16.5. The third-order valence-electron chi connectivity index (χ3n) is 5.24. The number of amides is 2. The summed E-state index contributed by atoms with van der Waals surface area (Å²) in [6.07, 6.45) is 3.59. The van der Waals surface area contributed by atoms with Gasteiger partial charge in [-0.1, -0.05) is 23.4 Å². The predicted octanol–water partition coefficient (Wildman–Crippen LogP) is 5.02. The molecule has 1 saturated carbocycles. The Labute approximate surface area is 183 Å². The molecule has 4 aromatic rings. The van der Waals surface area contributed by atoms with Crippen LogP contribution in [0, 0.1) is 6.92 Å². The summed E-state index contributed by atoms with van der Waals surface area (Å²) in [5.41, 5.74) is 3.13. The fourth-order valence-electron chi connectivity index (χ4n) is 3.28. The first-order valence-electron chi connectivity index (χ1n) is 10.3. The topological polar surface area (TPSA) is 110 Å². The lowest BCUT2D eigenvalue weighted by atomic mass is 10.1. The van der Waals surface area contributed by atoms with E-state index in [9.17, 15) is 9.59 Å². The van der Waals surface area contributed by atoms with E-state index in [0.717, 1.165) is 24.0 Å². The molecule has 0 spiro atoms. The maximum Gasteiger partial charge on any atom is 0.291 e. The number of carbonyl (C=O) groups excluding carboxylic acids is 2. The second-order valence-electron chi connectivity index (χ2n) is 7.73. The summed E-state index contributed by atoms with van der Waals surface area (Å²) >= 11 is 0. The number of carbonyl (C=O) groups is 2. The minimum Gasteiger partial charge on any atom is -0.459 e. The van der Waals surface area contributed by atoms with Crippen molar-refractivity contribution in [2.45, 2.75) is 25.7 Å². The molecule has 2 N–H and O–H groups in total. The molecule has 0 saturated heterocycles. The van der Waals surface area contributed by atoms with Gasteiger partial charge < -0.3 is 19.6 Å². The van der Waals surface area contributed by atoms with Crippen LogP contribution < -0.4 is 10.6 Å². The Kier molecular flexibility index (Phi) is 5.03. The molecule has 32 heavy (non-hydrogen) atoms. The molecule has 0 unspecified atom stereocenters. The van der Waals surface area contributed by atoms with Crippen LogP contribution >= 0.6 is 0 Å². The van der Waals surface area contributed by atoms with Crippen LogP contribution in [0.4, 0.5) is 11.4 Å². The summed E-state index contributed by atoms with van der Waals surface area (Å²) in [6, 6.07) is 15.6. The molecule has 8 nitrogen and oxygen atoms in total. The fraction of sp³-hybridized carbons (Fsp3) is 0.167. The van der Waals surface area contributed by atoms with Gasteiger partial charge in [0, 0.05) is 28.4 Å². The second kappa shape index (κ2) is 8.14. The summed E-state index contributed by atoms with van der Waals surface area (Å²) in [5, 5.41) is 9.71.